The van der Waals surface area contributed by atoms with Gasteiger partial charge >= 0.3 is 0 Å². The van der Waals surface area contributed by atoms with Crippen molar-refractivity contribution in [3.8, 4) is 0 Å². The van der Waals surface area contributed by atoms with Crippen LogP contribution in [0, 0.1) is 0 Å². The minimum absolute atomic E-state index is 0.194. The Balaban J connectivity index is 1.88. The molecule has 1 N–H and O–H groups in total. The molecule has 1 unspecified atom stereocenters. The zero-order chi connectivity index (χ0) is 14.4. The summed E-state index contributed by atoms with van der Waals surface area (Å²) in [5.41, 5.74) is 2.78. The molecule has 2 aromatic rings. The number of hydrogen-bond acceptors (Lipinski definition) is 5. The molecule has 3 heterocycles. The minimum Gasteiger partial charge on any atom is -0.328 e. The van der Waals surface area contributed by atoms with Crippen molar-refractivity contribution in [3.05, 3.63) is 35.6 Å². The topological polar surface area (TPSA) is 77.6 Å². The Labute approximate surface area is 121 Å². The Bertz CT molecular complexity index is 740. The Morgan fingerprint density at radius 1 is 1.38 bits per heavy atom. The SMILES string of the molecule is CCn1cc(C2C3=C(CCCC3=O)Nc3ncnn32)cn1. The molecule has 0 radical (unpaired) electrons. The highest BCUT2D eigenvalue weighted by Gasteiger charge is 2.36. The van der Waals surface area contributed by atoms with Crippen LogP contribution in [0.2, 0.25) is 0 Å². The summed E-state index contributed by atoms with van der Waals surface area (Å²) in [6.45, 7) is 2.84. The van der Waals surface area contributed by atoms with E-state index >= 15 is 0 Å². The normalized spacial score (nSPS) is 21.0. The molecule has 7 nitrogen and oxygen atoms in total. The third-order valence-electron chi connectivity index (χ3n) is 4.10. The average molecular weight is 284 g/mol. The van der Waals surface area contributed by atoms with Crippen molar-refractivity contribution in [2.45, 2.75) is 38.8 Å². The van der Waals surface area contributed by atoms with Crippen molar-refractivity contribution in [2.75, 3.05) is 5.32 Å². The number of carbonyl (C=O) groups excluding carboxylic acids is 1. The molecule has 2 aromatic heterocycles. The fraction of sp³-hybridized carbons (Fsp3) is 0.429. The second kappa shape index (κ2) is 4.54. The molecular formula is C14H16N6O. The Morgan fingerprint density at radius 3 is 3.10 bits per heavy atom. The van der Waals surface area contributed by atoms with Crippen molar-refractivity contribution in [1.82, 2.24) is 24.5 Å². The monoisotopic (exact) mass is 284 g/mol. The summed E-state index contributed by atoms with van der Waals surface area (Å²) in [5.74, 6) is 0.886. The van der Waals surface area contributed by atoms with Crippen molar-refractivity contribution >= 4 is 11.7 Å². The Hall–Kier alpha value is -2.44. The molecule has 4 rings (SSSR count). The molecule has 0 fully saturated rings. The van der Waals surface area contributed by atoms with Gasteiger partial charge in [0.05, 0.1) is 6.20 Å². The first-order chi connectivity index (χ1) is 10.3. The van der Waals surface area contributed by atoms with Gasteiger partial charge in [0, 0.05) is 36.0 Å². The van der Waals surface area contributed by atoms with Gasteiger partial charge in [0.25, 0.3) is 0 Å². The van der Waals surface area contributed by atoms with Crippen molar-refractivity contribution in [2.24, 2.45) is 0 Å². The van der Waals surface area contributed by atoms with E-state index in [2.05, 4.69) is 20.5 Å². The van der Waals surface area contributed by atoms with E-state index in [9.17, 15) is 4.79 Å². The lowest BCUT2D eigenvalue weighted by molar-refractivity contribution is -0.116. The first kappa shape index (κ1) is 12.3. The minimum atomic E-state index is -0.216. The van der Waals surface area contributed by atoms with Gasteiger partial charge in [0.1, 0.15) is 12.4 Å². The molecule has 7 heteroatoms. The summed E-state index contributed by atoms with van der Waals surface area (Å²) >= 11 is 0. The van der Waals surface area contributed by atoms with Crippen molar-refractivity contribution in [1.29, 1.82) is 0 Å². The van der Waals surface area contributed by atoms with Crippen LogP contribution in [0.4, 0.5) is 5.95 Å². The Kier molecular flexibility index (Phi) is 2.66. The predicted octanol–water partition coefficient (Wildman–Crippen LogP) is 1.52. The van der Waals surface area contributed by atoms with Gasteiger partial charge in [-0.1, -0.05) is 0 Å². The van der Waals surface area contributed by atoms with Crippen molar-refractivity contribution < 1.29 is 4.79 Å². The lowest BCUT2D eigenvalue weighted by Gasteiger charge is -2.31. The van der Waals surface area contributed by atoms with E-state index in [4.69, 9.17) is 0 Å². The van der Waals surface area contributed by atoms with E-state index in [1.54, 1.807) is 4.68 Å². The van der Waals surface area contributed by atoms with E-state index in [0.717, 1.165) is 36.2 Å². The van der Waals surface area contributed by atoms with Gasteiger partial charge in [-0.2, -0.15) is 15.2 Å². The zero-order valence-corrected chi connectivity index (χ0v) is 11.8. The summed E-state index contributed by atoms with van der Waals surface area (Å²) in [6, 6.07) is -0.216. The molecule has 0 aromatic carbocycles. The van der Waals surface area contributed by atoms with E-state index in [-0.39, 0.29) is 11.8 Å². The van der Waals surface area contributed by atoms with Gasteiger partial charge in [-0.15, -0.1) is 0 Å². The Morgan fingerprint density at radius 2 is 2.29 bits per heavy atom. The van der Waals surface area contributed by atoms with Gasteiger partial charge < -0.3 is 5.32 Å². The molecule has 108 valence electrons. The highest BCUT2D eigenvalue weighted by Crippen LogP contribution is 2.39. The lowest BCUT2D eigenvalue weighted by Crippen LogP contribution is -2.31. The molecule has 1 atom stereocenters. The summed E-state index contributed by atoms with van der Waals surface area (Å²) in [6.07, 6.45) is 7.68. The molecule has 0 spiro atoms. The van der Waals surface area contributed by atoms with E-state index in [1.165, 1.54) is 6.33 Å². The number of rotatable bonds is 2. The molecule has 0 bridgehead atoms. The molecule has 0 amide bonds. The maximum absolute atomic E-state index is 12.4. The van der Waals surface area contributed by atoms with Crippen LogP contribution in [0.25, 0.3) is 0 Å². The van der Waals surface area contributed by atoms with Gasteiger partial charge in [-0.05, 0) is 19.8 Å². The number of ketones is 1. The van der Waals surface area contributed by atoms with Crippen LogP contribution in [-0.2, 0) is 11.3 Å². The second-order valence-corrected chi connectivity index (χ2v) is 5.35. The van der Waals surface area contributed by atoms with Crippen LogP contribution < -0.4 is 5.32 Å². The van der Waals surface area contributed by atoms with Gasteiger partial charge in [-0.3, -0.25) is 9.48 Å². The number of fused-ring (bicyclic) bond motifs is 1. The van der Waals surface area contributed by atoms with E-state index in [0.29, 0.717) is 12.4 Å². The number of allylic oxidation sites excluding steroid dienone is 2. The fourth-order valence-electron chi connectivity index (χ4n) is 3.10. The largest absolute Gasteiger partial charge is 0.328 e. The smallest absolute Gasteiger partial charge is 0.226 e. The van der Waals surface area contributed by atoms with Gasteiger partial charge in [0.15, 0.2) is 5.78 Å². The molecule has 0 saturated carbocycles. The molecule has 0 saturated heterocycles. The van der Waals surface area contributed by atoms with Crippen LogP contribution in [-0.4, -0.2) is 30.3 Å². The second-order valence-electron chi connectivity index (χ2n) is 5.35. The lowest BCUT2D eigenvalue weighted by atomic mass is 9.86. The predicted molar refractivity (Wildman–Crippen MR) is 75.6 cm³/mol. The number of carbonyl (C=O) groups is 1. The molecule has 1 aliphatic carbocycles. The first-order valence-electron chi connectivity index (χ1n) is 7.23. The zero-order valence-electron chi connectivity index (χ0n) is 11.8. The number of nitrogens with zero attached hydrogens (tertiary/aromatic N) is 5. The summed E-state index contributed by atoms with van der Waals surface area (Å²) in [7, 11) is 0. The van der Waals surface area contributed by atoms with E-state index in [1.807, 2.05) is 24.0 Å². The third kappa shape index (κ3) is 1.80. The molecular weight excluding hydrogens is 268 g/mol. The van der Waals surface area contributed by atoms with Crippen LogP contribution in [0.15, 0.2) is 30.0 Å². The summed E-state index contributed by atoms with van der Waals surface area (Å²) in [4.78, 5) is 16.7. The highest BCUT2D eigenvalue weighted by atomic mass is 16.1. The van der Waals surface area contributed by atoms with Crippen molar-refractivity contribution in [3.63, 3.8) is 0 Å². The maximum Gasteiger partial charge on any atom is 0.226 e. The quantitative estimate of drug-likeness (QED) is 0.904. The average Bonchev–Trinajstić information content (AvgIpc) is 3.14. The third-order valence-corrected chi connectivity index (χ3v) is 4.10. The van der Waals surface area contributed by atoms with E-state index < -0.39 is 0 Å². The number of anilines is 1. The summed E-state index contributed by atoms with van der Waals surface area (Å²) in [5, 5.41) is 11.9. The number of Topliss-reactive ketones (excluding diaryl/α,β-unsaturated/α-hetero) is 1. The van der Waals surface area contributed by atoms with Gasteiger partial charge in [0.2, 0.25) is 5.95 Å². The van der Waals surface area contributed by atoms with Crippen LogP contribution in [0.5, 0.6) is 0 Å². The molecule has 21 heavy (non-hydrogen) atoms. The fourth-order valence-corrected chi connectivity index (χ4v) is 3.10. The van der Waals surface area contributed by atoms with Crippen LogP contribution >= 0.6 is 0 Å². The van der Waals surface area contributed by atoms with Crippen LogP contribution in [0.3, 0.4) is 0 Å². The maximum atomic E-state index is 12.4. The van der Waals surface area contributed by atoms with Crippen LogP contribution in [0.1, 0.15) is 37.8 Å². The molecule has 2 aliphatic rings. The molecule has 1 aliphatic heterocycles. The highest BCUT2D eigenvalue weighted by molar-refractivity contribution is 5.99. The number of hydrogen-bond donors (Lipinski definition) is 1. The van der Waals surface area contributed by atoms with Gasteiger partial charge in [-0.25, -0.2) is 4.68 Å². The number of aromatic nitrogens is 5. The summed E-state index contributed by atoms with van der Waals surface area (Å²) < 4.78 is 3.64. The number of nitrogens with one attached hydrogen (secondary N) is 1. The first-order valence-corrected chi connectivity index (χ1v) is 7.23. The standard InChI is InChI=1S/C14H16N6O/c1-2-19-7-9(6-16-19)13-12-10(4-3-5-11(12)21)18-14-15-8-17-20(13)14/h6-8,13H,2-5H2,1H3,(H,15,17,18). The number of aryl methyl sites for hydroxylation is 1.